The standard InChI is InChI=1S/C11H16O2.C10H13Cl.C10H10F4.C10H11F3O.2C10H11F3.C10H13F.C9H10Cl2.C9H10ClF.C9H11Cl/c1-8(2)9-5-6-10(12-3)11(7-9)13-4;1-7(2)9-5-4-6-10(11)8(9)3;1-6(2)8-4-3-7(5-9(8)11)10(12,13)14;1-7(2)8-3-5-9(6-4-8)14-10(11,12)13;1-7(2)8-3-5-9(6-4-8)10(11,12)13;1-7(2)8-4-3-5-9(6-8)10(11,12)13;1-7(2)10-5-4-9(11)6-8(10)3;1-6(2)7-3-4-8(10)9(11)5-7;1-6(2)7-4-3-5-8(10)9(7)11;1-7(2)8-4-3-5-9(10)6-8/h5-8H,1-4H3;4-7H,1-3H3;3-6H,1-2H3;3-7H,1-2H3;2*3-7H,1-2H3;4-7H,1-3H3;2*3-6H,1-2H3;3-7H,1-2H3. The summed E-state index contributed by atoms with van der Waals surface area (Å²) in [5.74, 6) is 3.58. The van der Waals surface area contributed by atoms with Crippen molar-refractivity contribution in [2.45, 2.75) is 236 Å². The fourth-order valence-corrected chi connectivity index (χ4v) is 11.7. The summed E-state index contributed by atoms with van der Waals surface area (Å²) in [6, 6.07) is 55.1. The van der Waals surface area contributed by atoms with Crippen LogP contribution in [0, 0.1) is 31.3 Å². The van der Waals surface area contributed by atoms with Gasteiger partial charge in [-0.3, -0.25) is 0 Å². The topological polar surface area (TPSA) is 27.7 Å². The molecule has 0 aliphatic carbocycles. The Labute approximate surface area is 733 Å². The van der Waals surface area contributed by atoms with E-state index in [9.17, 15) is 65.9 Å². The van der Waals surface area contributed by atoms with Crippen LogP contribution in [-0.2, 0) is 18.5 Å². The smallest absolute Gasteiger partial charge is 0.493 e. The Morgan fingerprint density at radius 3 is 1.05 bits per heavy atom. The van der Waals surface area contributed by atoms with Crippen molar-refractivity contribution in [1.29, 1.82) is 0 Å². The summed E-state index contributed by atoms with van der Waals surface area (Å²) in [7, 11) is 3.30. The van der Waals surface area contributed by atoms with Crippen LogP contribution in [0.2, 0.25) is 25.1 Å². The largest absolute Gasteiger partial charge is 0.573 e. The minimum Gasteiger partial charge on any atom is -0.493 e. The molecule has 0 unspecified atom stereocenters. The van der Waals surface area contributed by atoms with Crippen molar-refractivity contribution in [3.63, 3.8) is 0 Å². The second-order valence-corrected chi connectivity index (χ2v) is 33.1. The first kappa shape index (κ1) is 111. The van der Waals surface area contributed by atoms with Crippen molar-refractivity contribution >= 4 is 58.0 Å². The van der Waals surface area contributed by atoms with Crippen LogP contribution in [0.5, 0.6) is 17.2 Å². The zero-order valence-electron chi connectivity index (χ0n) is 73.2. The molecule has 0 heterocycles. The molecule has 0 saturated carbocycles. The average molecular weight is 1800 g/mol. The average Bonchev–Trinajstić information content (AvgIpc) is 0.837. The van der Waals surface area contributed by atoms with Gasteiger partial charge in [0.2, 0.25) is 0 Å². The van der Waals surface area contributed by atoms with Crippen molar-refractivity contribution in [1.82, 2.24) is 0 Å². The summed E-state index contributed by atoms with van der Waals surface area (Å²) in [4.78, 5) is 0. The monoisotopic (exact) mass is 1800 g/mol. The van der Waals surface area contributed by atoms with Crippen LogP contribution in [0.3, 0.4) is 0 Å². The van der Waals surface area contributed by atoms with Crippen LogP contribution >= 0.6 is 58.0 Å². The molecule has 23 heteroatoms. The van der Waals surface area contributed by atoms with Crippen molar-refractivity contribution in [3.8, 4) is 17.2 Å². The minimum atomic E-state index is -4.61. The van der Waals surface area contributed by atoms with Gasteiger partial charge < -0.3 is 14.2 Å². The van der Waals surface area contributed by atoms with E-state index in [2.05, 4.69) is 99.1 Å². The van der Waals surface area contributed by atoms with E-state index in [0.29, 0.717) is 62.7 Å². The molecule has 0 spiro atoms. The van der Waals surface area contributed by atoms with Gasteiger partial charge in [-0.2, -0.15) is 39.5 Å². The fourth-order valence-electron chi connectivity index (χ4n) is 10.8. The van der Waals surface area contributed by atoms with E-state index in [-0.39, 0.29) is 46.1 Å². The molecular weight excluding hydrogens is 1690 g/mol. The molecule has 10 aromatic rings. The van der Waals surface area contributed by atoms with Crippen LogP contribution in [0.1, 0.15) is 281 Å². The molecule has 0 atom stereocenters. The fraction of sp³-hybridized carbons (Fsp3) is 0.388. The zero-order chi connectivity index (χ0) is 92.9. The van der Waals surface area contributed by atoms with Crippen molar-refractivity contribution < 1.29 is 80.1 Å². The number of methoxy groups -OCH3 is 2. The Morgan fingerprint density at radius 2 is 0.661 bits per heavy atom. The molecule has 0 fully saturated rings. The van der Waals surface area contributed by atoms with Crippen LogP contribution in [0.25, 0.3) is 0 Å². The van der Waals surface area contributed by atoms with Crippen LogP contribution in [0.4, 0.5) is 65.9 Å². The molecule has 0 N–H and O–H groups in total. The van der Waals surface area contributed by atoms with E-state index in [1.54, 1.807) is 70.5 Å². The maximum Gasteiger partial charge on any atom is 0.573 e. The molecule has 121 heavy (non-hydrogen) atoms. The lowest BCUT2D eigenvalue weighted by Crippen LogP contribution is -2.17. The quantitative estimate of drug-likeness (QED) is 0.108. The van der Waals surface area contributed by atoms with Gasteiger partial charge in [-0.1, -0.05) is 300 Å². The zero-order valence-corrected chi connectivity index (χ0v) is 77.0. The van der Waals surface area contributed by atoms with Crippen LogP contribution in [-0.4, -0.2) is 20.6 Å². The molecule has 10 aromatic carbocycles. The number of halogens is 20. The molecule has 0 aliphatic rings. The molecule has 0 radical (unpaired) electrons. The molecule has 666 valence electrons. The van der Waals surface area contributed by atoms with E-state index in [1.165, 1.54) is 81.9 Å². The molecular formula is C98H116Cl5F15O3. The molecule has 3 nitrogen and oxygen atoms in total. The lowest BCUT2D eigenvalue weighted by molar-refractivity contribution is -0.274. The molecule has 10 rings (SSSR count). The molecule has 0 saturated heterocycles. The number of hydrogen-bond donors (Lipinski definition) is 0. The molecule has 0 amide bonds. The lowest BCUT2D eigenvalue weighted by atomic mass is 9.98. The summed E-state index contributed by atoms with van der Waals surface area (Å²) in [6.07, 6.45) is -17.5. The second kappa shape index (κ2) is 53.2. The summed E-state index contributed by atoms with van der Waals surface area (Å²) in [5.41, 5.74) is 10.1. The van der Waals surface area contributed by atoms with Crippen LogP contribution < -0.4 is 14.2 Å². The highest BCUT2D eigenvalue weighted by molar-refractivity contribution is 6.42. The number of aryl methyl sites for hydroxylation is 1. The SMILES string of the molecule is CC(C)c1ccc(C(F)(F)F)cc1.CC(C)c1ccc(C(F)(F)F)cc1F.CC(C)c1ccc(Cl)c(Cl)c1.CC(C)c1ccc(OC(F)(F)F)cc1.CC(C)c1cccc(C(F)(F)F)c1.CC(C)c1cccc(Cl)c1.CC(C)c1cccc(Cl)c1F.COc1ccc(C(C)C)cc1OC.Cc1c(Cl)cccc1C(C)C.Cc1cc(F)ccc1C(C)C. The third-order valence-corrected chi connectivity index (χ3v) is 19.8. The first-order valence-electron chi connectivity index (χ1n) is 39.3. The highest BCUT2D eigenvalue weighted by atomic mass is 35.5. The third kappa shape index (κ3) is 42.3. The minimum absolute atomic E-state index is 0.114. The normalized spacial score (nSPS) is 11.2. The van der Waals surface area contributed by atoms with Gasteiger partial charge in [0.25, 0.3) is 0 Å². The number of ether oxygens (including phenoxy) is 3. The van der Waals surface area contributed by atoms with Gasteiger partial charge in [-0.05, 0) is 243 Å². The van der Waals surface area contributed by atoms with Crippen molar-refractivity contribution in [3.05, 3.63) is 332 Å². The number of benzene rings is 10. The maximum absolute atomic E-state index is 13.1. The van der Waals surface area contributed by atoms with Gasteiger partial charge in [0.1, 0.15) is 23.2 Å². The van der Waals surface area contributed by atoms with Crippen LogP contribution in [0.15, 0.2) is 206 Å². The van der Waals surface area contributed by atoms with E-state index in [1.807, 2.05) is 129 Å². The summed E-state index contributed by atoms with van der Waals surface area (Å²) >= 11 is 28.9. The van der Waals surface area contributed by atoms with Gasteiger partial charge in [0, 0.05) is 10.0 Å². The predicted molar refractivity (Wildman–Crippen MR) is 475 cm³/mol. The van der Waals surface area contributed by atoms with E-state index >= 15 is 0 Å². The lowest BCUT2D eigenvalue weighted by Gasteiger charge is -2.11. The highest BCUT2D eigenvalue weighted by Gasteiger charge is 2.33. The van der Waals surface area contributed by atoms with Crippen molar-refractivity contribution in [2.24, 2.45) is 0 Å². The molecule has 0 aliphatic heterocycles. The Bertz CT molecular complexity index is 4590. The van der Waals surface area contributed by atoms with Gasteiger partial charge in [0.05, 0.1) is 46.0 Å². The Kier molecular flexibility index (Phi) is 48.8. The van der Waals surface area contributed by atoms with Gasteiger partial charge in [0.15, 0.2) is 11.5 Å². The highest BCUT2D eigenvalue weighted by Crippen LogP contribution is 2.37. The van der Waals surface area contributed by atoms with E-state index in [0.717, 1.165) is 68.1 Å². The predicted octanol–water partition coefficient (Wildman–Crippen LogP) is 36.4. The number of hydrogen-bond acceptors (Lipinski definition) is 3. The first-order chi connectivity index (χ1) is 55.9. The number of rotatable bonds is 13. The third-order valence-electron chi connectivity index (χ3n) is 18.1. The Morgan fingerprint density at radius 1 is 0.281 bits per heavy atom. The van der Waals surface area contributed by atoms with E-state index < -0.39 is 47.4 Å². The molecule has 0 bridgehead atoms. The summed E-state index contributed by atoms with van der Waals surface area (Å²) < 4.78 is 198. The van der Waals surface area contributed by atoms with Gasteiger partial charge >= 0.3 is 24.9 Å². The Hall–Kier alpha value is -8.00. The second-order valence-electron chi connectivity index (χ2n) is 31.1. The maximum atomic E-state index is 13.1. The van der Waals surface area contributed by atoms with Gasteiger partial charge in [-0.15, -0.1) is 13.2 Å². The van der Waals surface area contributed by atoms with Crippen molar-refractivity contribution in [2.75, 3.05) is 14.2 Å². The first-order valence-corrected chi connectivity index (χ1v) is 41.2. The van der Waals surface area contributed by atoms with Gasteiger partial charge in [-0.25, -0.2) is 13.2 Å². The summed E-state index contributed by atoms with van der Waals surface area (Å²) in [5, 5.41) is 3.16. The molecule has 0 aromatic heterocycles. The summed E-state index contributed by atoms with van der Waals surface area (Å²) in [6.45, 7) is 44.4. The Balaban J connectivity index is 0.000000673. The number of alkyl halides is 12. The van der Waals surface area contributed by atoms with E-state index in [4.69, 9.17) is 67.5 Å².